The van der Waals surface area contributed by atoms with Gasteiger partial charge in [0, 0.05) is 42.0 Å². The number of fused-ring (bicyclic) bond motifs is 1. The molecule has 0 spiro atoms. The zero-order valence-corrected chi connectivity index (χ0v) is 19.3. The fourth-order valence-electron chi connectivity index (χ4n) is 5.47. The largest absolute Gasteiger partial charge is 0.435 e. The van der Waals surface area contributed by atoms with Crippen LogP contribution in [0.15, 0.2) is 63.7 Å². The van der Waals surface area contributed by atoms with Crippen LogP contribution in [0.1, 0.15) is 44.9 Å². The highest BCUT2D eigenvalue weighted by Gasteiger charge is 2.53. The van der Waals surface area contributed by atoms with E-state index in [1.807, 2.05) is 26.8 Å². The van der Waals surface area contributed by atoms with Gasteiger partial charge >= 0.3 is 6.18 Å². The molecule has 0 aliphatic carbocycles. The maximum absolute atomic E-state index is 13.7. The number of carbonyl (C=O) groups is 1. The first kappa shape index (κ1) is 22.4. The number of nitrogens with zero attached hydrogens (tertiary/aromatic N) is 4. The number of rotatable bonds is 3. The Balaban J connectivity index is 1.73. The van der Waals surface area contributed by atoms with Crippen LogP contribution in [0.4, 0.5) is 13.2 Å². The molecule has 34 heavy (non-hydrogen) atoms. The van der Waals surface area contributed by atoms with E-state index in [1.54, 1.807) is 24.4 Å². The van der Waals surface area contributed by atoms with E-state index in [0.717, 1.165) is 21.5 Å². The lowest BCUT2D eigenvalue weighted by Crippen LogP contribution is -2.58. The normalized spacial score (nSPS) is 25.4. The fraction of sp³-hybridized carbons (Fsp3) is 0.417. The van der Waals surface area contributed by atoms with Gasteiger partial charge < -0.3 is 10.6 Å². The van der Waals surface area contributed by atoms with Gasteiger partial charge in [-0.25, -0.2) is 0 Å². The highest BCUT2D eigenvalue weighted by Crippen LogP contribution is 2.51. The van der Waals surface area contributed by atoms with Crippen LogP contribution >= 0.6 is 0 Å². The van der Waals surface area contributed by atoms with E-state index >= 15 is 0 Å². The van der Waals surface area contributed by atoms with Gasteiger partial charge in [0.2, 0.25) is 0 Å². The minimum absolute atomic E-state index is 0.00760. The van der Waals surface area contributed by atoms with Crippen LogP contribution in [0.5, 0.6) is 0 Å². The zero-order valence-electron chi connectivity index (χ0n) is 19.3. The van der Waals surface area contributed by atoms with Crippen LogP contribution in [0.3, 0.4) is 0 Å². The minimum atomic E-state index is -4.59. The molecule has 1 amide bonds. The van der Waals surface area contributed by atoms with Gasteiger partial charge in [0.15, 0.2) is 11.9 Å². The van der Waals surface area contributed by atoms with Gasteiger partial charge in [0.25, 0.3) is 5.91 Å². The number of azo groups is 1. The van der Waals surface area contributed by atoms with Gasteiger partial charge in [-0.2, -0.15) is 28.5 Å². The molecule has 178 valence electrons. The van der Waals surface area contributed by atoms with Crippen LogP contribution in [-0.4, -0.2) is 27.4 Å². The number of halogens is 3. The SMILES string of the molecule is CC[C@]1(c2cccc(-c3cn(C)nc3C(F)(F)F)c2)C2=CN=NC2NC2=C1C(=O)NC(C)(C)C2. The number of carbonyl (C=O) groups excluding carboxylic acids is 1. The van der Waals surface area contributed by atoms with Crippen LogP contribution in [0, 0.1) is 0 Å². The molecular formula is C24H25F3N6O. The Bertz CT molecular complexity index is 1290. The van der Waals surface area contributed by atoms with Crippen molar-refractivity contribution in [3.05, 3.63) is 64.8 Å². The Morgan fingerprint density at radius 3 is 2.74 bits per heavy atom. The first-order chi connectivity index (χ1) is 16.0. The van der Waals surface area contributed by atoms with E-state index in [1.165, 1.54) is 13.2 Å². The van der Waals surface area contributed by atoms with Crippen LogP contribution in [0.25, 0.3) is 11.1 Å². The van der Waals surface area contributed by atoms with Gasteiger partial charge in [-0.3, -0.25) is 9.48 Å². The van der Waals surface area contributed by atoms with Crippen LogP contribution in [0.2, 0.25) is 0 Å². The summed E-state index contributed by atoms with van der Waals surface area (Å²) in [7, 11) is 1.46. The van der Waals surface area contributed by atoms with E-state index < -0.39 is 29.0 Å². The molecule has 3 aliphatic rings. The molecular weight excluding hydrogens is 445 g/mol. The molecule has 2 aromatic rings. The Kier molecular flexibility index (Phi) is 4.79. The maximum Gasteiger partial charge on any atom is 0.435 e. The second-order valence-electron chi connectivity index (χ2n) is 9.63. The molecule has 0 bridgehead atoms. The standard InChI is InChI=1S/C24H25F3N6O/c1-5-23(14-8-6-7-13(9-14)15-12-33(4)32-19(15)24(25,26)27)16-11-28-31-20(16)29-17-10-22(2,3)30-21(34)18(17)23/h6-9,11-12,20,29H,5,10H2,1-4H3,(H,30,34)/t20?,23-/m0/s1. The number of amides is 1. The Labute approximate surface area is 194 Å². The summed E-state index contributed by atoms with van der Waals surface area (Å²) < 4.78 is 42.2. The van der Waals surface area contributed by atoms with Crippen molar-refractivity contribution in [2.75, 3.05) is 0 Å². The van der Waals surface area contributed by atoms with E-state index in [9.17, 15) is 18.0 Å². The zero-order chi connectivity index (χ0) is 24.5. The summed E-state index contributed by atoms with van der Waals surface area (Å²) in [5, 5.41) is 18.5. The third-order valence-electron chi connectivity index (χ3n) is 6.80. The van der Waals surface area contributed by atoms with Crippen molar-refractivity contribution < 1.29 is 18.0 Å². The summed E-state index contributed by atoms with van der Waals surface area (Å²) in [5.41, 5.74) is 0.997. The van der Waals surface area contributed by atoms with Crippen molar-refractivity contribution >= 4 is 5.91 Å². The molecule has 2 atom stereocenters. The molecule has 5 rings (SSSR count). The van der Waals surface area contributed by atoms with Crippen molar-refractivity contribution in [3.8, 4) is 11.1 Å². The highest BCUT2D eigenvalue weighted by molar-refractivity contribution is 6.00. The predicted molar refractivity (Wildman–Crippen MR) is 119 cm³/mol. The van der Waals surface area contributed by atoms with Gasteiger partial charge in [0.05, 0.1) is 17.2 Å². The van der Waals surface area contributed by atoms with Gasteiger partial charge in [-0.05, 0) is 37.5 Å². The predicted octanol–water partition coefficient (Wildman–Crippen LogP) is 4.59. The van der Waals surface area contributed by atoms with Gasteiger partial charge in [-0.15, -0.1) is 0 Å². The number of aryl methyl sites for hydroxylation is 1. The van der Waals surface area contributed by atoms with Crippen molar-refractivity contribution in [3.63, 3.8) is 0 Å². The molecule has 0 radical (unpaired) electrons. The van der Waals surface area contributed by atoms with Crippen molar-refractivity contribution in [2.45, 2.75) is 56.9 Å². The molecule has 0 saturated carbocycles. The second kappa shape index (κ2) is 7.28. The summed E-state index contributed by atoms with van der Waals surface area (Å²) in [6.07, 6.45) is -0.895. The number of hydrogen-bond donors (Lipinski definition) is 2. The number of aromatic nitrogens is 2. The summed E-state index contributed by atoms with van der Waals surface area (Å²) in [4.78, 5) is 13.5. The van der Waals surface area contributed by atoms with E-state index in [4.69, 9.17) is 0 Å². The quantitative estimate of drug-likeness (QED) is 0.689. The molecule has 10 heteroatoms. The third kappa shape index (κ3) is 3.26. The van der Waals surface area contributed by atoms with Crippen LogP contribution in [-0.2, 0) is 23.4 Å². The topological polar surface area (TPSA) is 83.7 Å². The van der Waals surface area contributed by atoms with Crippen molar-refractivity contribution in [1.82, 2.24) is 20.4 Å². The fourth-order valence-corrected chi connectivity index (χ4v) is 5.47. The Morgan fingerprint density at radius 2 is 2.03 bits per heavy atom. The first-order valence-electron chi connectivity index (χ1n) is 11.1. The molecule has 4 heterocycles. The monoisotopic (exact) mass is 470 g/mol. The number of nitrogens with one attached hydrogen (secondary N) is 2. The lowest BCUT2D eigenvalue weighted by molar-refractivity contribution is -0.141. The number of benzene rings is 1. The molecule has 1 aromatic carbocycles. The average molecular weight is 470 g/mol. The van der Waals surface area contributed by atoms with E-state index in [-0.39, 0.29) is 11.5 Å². The van der Waals surface area contributed by atoms with Crippen molar-refractivity contribution in [2.24, 2.45) is 17.3 Å². The summed E-state index contributed by atoms with van der Waals surface area (Å²) >= 11 is 0. The first-order valence-corrected chi connectivity index (χ1v) is 11.1. The molecule has 7 nitrogen and oxygen atoms in total. The minimum Gasteiger partial charge on any atom is -0.362 e. The molecule has 1 unspecified atom stereocenters. The lowest BCUT2D eigenvalue weighted by Gasteiger charge is -2.48. The molecule has 2 N–H and O–H groups in total. The van der Waals surface area contributed by atoms with Gasteiger partial charge in [-0.1, -0.05) is 25.1 Å². The number of alkyl halides is 3. The number of hydrogen-bond acceptors (Lipinski definition) is 5. The second-order valence-corrected chi connectivity index (χ2v) is 9.63. The van der Waals surface area contributed by atoms with Crippen LogP contribution < -0.4 is 10.6 Å². The Morgan fingerprint density at radius 1 is 1.26 bits per heavy atom. The van der Waals surface area contributed by atoms with Gasteiger partial charge in [0.1, 0.15) is 0 Å². The molecule has 3 aliphatic heterocycles. The van der Waals surface area contributed by atoms with E-state index in [0.29, 0.717) is 24.0 Å². The van der Waals surface area contributed by atoms with Crippen molar-refractivity contribution in [1.29, 1.82) is 0 Å². The van der Waals surface area contributed by atoms with E-state index in [2.05, 4.69) is 26.0 Å². The average Bonchev–Trinajstić information content (AvgIpc) is 3.38. The third-order valence-corrected chi connectivity index (χ3v) is 6.80. The molecule has 0 fully saturated rings. The highest BCUT2D eigenvalue weighted by atomic mass is 19.4. The molecule has 0 saturated heterocycles. The summed E-state index contributed by atoms with van der Waals surface area (Å²) in [6.45, 7) is 5.87. The smallest absolute Gasteiger partial charge is 0.362 e. The summed E-state index contributed by atoms with van der Waals surface area (Å²) in [5.74, 6) is -0.199. The lowest BCUT2D eigenvalue weighted by atomic mass is 9.62. The maximum atomic E-state index is 13.7. The Hall–Kier alpha value is -3.43. The summed E-state index contributed by atoms with van der Waals surface area (Å²) in [6, 6.07) is 6.94. The molecule has 1 aromatic heterocycles.